The van der Waals surface area contributed by atoms with Crippen molar-refractivity contribution in [2.45, 2.75) is 26.7 Å². The largest absolute Gasteiger partial charge is 0.481 e. The first kappa shape index (κ1) is 14.9. The third-order valence-corrected chi connectivity index (χ3v) is 3.56. The van der Waals surface area contributed by atoms with E-state index >= 15 is 0 Å². The van der Waals surface area contributed by atoms with E-state index in [1.54, 1.807) is 22.9 Å². The number of carboxylic acids is 1. The molecule has 0 aliphatic heterocycles. The highest BCUT2D eigenvalue weighted by Crippen LogP contribution is 2.25. The van der Waals surface area contributed by atoms with Crippen molar-refractivity contribution in [3.8, 4) is 5.69 Å². The van der Waals surface area contributed by atoms with E-state index in [9.17, 15) is 4.79 Å². The summed E-state index contributed by atoms with van der Waals surface area (Å²) in [4.78, 5) is 10.7. The van der Waals surface area contributed by atoms with Crippen molar-refractivity contribution in [1.29, 1.82) is 0 Å². The number of halogens is 2. The van der Waals surface area contributed by atoms with Crippen LogP contribution < -0.4 is 0 Å². The molecule has 0 saturated heterocycles. The van der Waals surface area contributed by atoms with Crippen molar-refractivity contribution < 1.29 is 9.90 Å². The predicted octanol–water partition coefficient (Wildman–Crippen LogP) is 3.81. The van der Waals surface area contributed by atoms with E-state index in [0.29, 0.717) is 16.5 Å². The normalized spacial score (nSPS) is 10.8. The Bertz CT molecular complexity index is 645. The Morgan fingerprint density at radius 3 is 2.40 bits per heavy atom. The van der Waals surface area contributed by atoms with Crippen molar-refractivity contribution in [3.05, 3.63) is 45.2 Å². The molecule has 0 fully saturated rings. The van der Waals surface area contributed by atoms with E-state index in [2.05, 4.69) is 5.10 Å². The molecule has 2 rings (SSSR count). The lowest BCUT2D eigenvalue weighted by molar-refractivity contribution is -0.136. The Kier molecular flexibility index (Phi) is 4.35. The molecule has 2 aromatic rings. The van der Waals surface area contributed by atoms with Gasteiger partial charge in [0.05, 0.1) is 11.4 Å². The predicted molar refractivity (Wildman–Crippen MR) is 79.0 cm³/mol. The molecule has 0 atom stereocenters. The van der Waals surface area contributed by atoms with Crippen LogP contribution >= 0.6 is 23.2 Å². The Labute approximate surface area is 126 Å². The van der Waals surface area contributed by atoms with Crippen LogP contribution in [0.2, 0.25) is 10.0 Å². The van der Waals surface area contributed by atoms with Crippen LogP contribution in [0.5, 0.6) is 0 Å². The number of benzene rings is 1. The summed E-state index contributed by atoms with van der Waals surface area (Å²) in [5.41, 5.74) is 3.44. The maximum atomic E-state index is 10.7. The second-order valence-electron chi connectivity index (χ2n) is 4.58. The van der Waals surface area contributed by atoms with Crippen LogP contribution in [-0.4, -0.2) is 20.9 Å². The van der Waals surface area contributed by atoms with E-state index in [-0.39, 0.29) is 6.42 Å². The molecule has 0 bridgehead atoms. The standard InChI is InChI=1S/C14H14Cl2N2O2/c1-8-13(3-4-14(19)20)9(2)18(17-8)12-6-10(15)5-11(16)7-12/h5-7H,3-4H2,1-2H3,(H,19,20). The minimum absolute atomic E-state index is 0.0870. The van der Waals surface area contributed by atoms with E-state index in [1.165, 1.54) is 0 Å². The topological polar surface area (TPSA) is 55.1 Å². The van der Waals surface area contributed by atoms with Gasteiger partial charge in [-0.3, -0.25) is 4.79 Å². The van der Waals surface area contributed by atoms with Crippen molar-refractivity contribution in [1.82, 2.24) is 9.78 Å². The second kappa shape index (κ2) is 5.85. The first-order valence-electron chi connectivity index (χ1n) is 6.12. The molecule has 20 heavy (non-hydrogen) atoms. The molecule has 1 N–H and O–H groups in total. The van der Waals surface area contributed by atoms with Crippen molar-refractivity contribution in [2.75, 3.05) is 0 Å². The summed E-state index contributed by atoms with van der Waals surface area (Å²) >= 11 is 12.0. The molecule has 106 valence electrons. The van der Waals surface area contributed by atoms with Gasteiger partial charge in [0.2, 0.25) is 0 Å². The summed E-state index contributed by atoms with van der Waals surface area (Å²) in [5, 5.41) is 14.3. The smallest absolute Gasteiger partial charge is 0.303 e. The fraction of sp³-hybridized carbons (Fsp3) is 0.286. The molecule has 4 nitrogen and oxygen atoms in total. The van der Waals surface area contributed by atoms with E-state index in [4.69, 9.17) is 28.3 Å². The zero-order valence-corrected chi connectivity index (χ0v) is 12.7. The number of carbonyl (C=O) groups is 1. The quantitative estimate of drug-likeness (QED) is 0.933. The molecular weight excluding hydrogens is 299 g/mol. The van der Waals surface area contributed by atoms with Crippen LogP contribution in [0.15, 0.2) is 18.2 Å². The fourth-order valence-electron chi connectivity index (χ4n) is 2.18. The number of aryl methyl sites for hydroxylation is 1. The average Bonchev–Trinajstić information content (AvgIpc) is 2.61. The fourth-order valence-corrected chi connectivity index (χ4v) is 2.70. The maximum absolute atomic E-state index is 10.7. The zero-order chi connectivity index (χ0) is 14.9. The molecule has 0 saturated carbocycles. The van der Waals surface area contributed by atoms with Gasteiger partial charge in [-0.1, -0.05) is 23.2 Å². The van der Waals surface area contributed by atoms with Crippen molar-refractivity contribution >= 4 is 29.2 Å². The van der Waals surface area contributed by atoms with Gasteiger partial charge in [-0.25, -0.2) is 4.68 Å². The van der Waals surface area contributed by atoms with Crippen LogP contribution in [-0.2, 0) is 11.2 Å². The Morgan fingerprint density at radius 1 is 1.25 bits per heavy atom. The second-order valence-corrected chi connectivity index (χ2v) is 5.46. The number of aliphatic carboxylic acids is 1. The van der Waals surface area contributed by atoms with Crippen LogP contribution in [0.4, 0.5) is 0 Å². The Hall–Kier alpha value is -1.52. The zero-order valence-electron chi connectivity index (χ0n) is 11.2. The lowest BCUT2D eigenvalue weighted by Crippen LogP contribution is -2.01. The molecule has 0 aliphatic rings. The van der Waals surface area contributed by atoms with Gasteiger partial charge in [0.25, 0.3) is 0 Å². The summed E-state index contributed by atoms with van der Waals surface area (Å²) in [6.07, 6.45) is 0.547. The number of hydrogen-bond donors (Lipinski definition) is 1. The molecular formula is C14H14Cl2N2O2. The summed E-state index contributed by atoms with van der Waals surface area (Å²) in [5.74, 6) is -0.817. The van der Waals surface area contributed by atoms with Crippen molar-refractivity contribution in [2.24, 2.45) is 0 Å². The lowest BCUT2D eigenvalue weighted by Gasteiger charge is -2.06. The number of nitrogens with zero attached hydrogens (tertiary/aromatic N) is 2. The SMILES string of the molecule is Cc1nn(-c2cc(Cl)cc(Cl)c2)c(C)c1CCC(=O)O. The molecule has 1 heterocycles. The van der Waals surface area contributed by atoms with E-state index < -0.39 is 5.97 Å². The van der Waals surface area contributed by atoms with Crippen LogP contribution in [0.1, 0.15) is 23.4 Å². The highest BCUT2D eigenvalue weighted by Gasteiger charge is 2.14. The highest BCUT2D eigenvalue weighted by atomic mass is 35.5. The van der Waals surface area contributed by atoms with Gasteiger partial charge >= 0.3 is 5.97 Å². The maximum Gasteiger partial charge on any atom is 0.303 e. The molecule has 1 aromatic carbocycles. The Balaban J connectivity index is 2.43. The van der Waals surface area contributed by atoms with Crippen LogP contribution in [0.3, 0.4) is 0 Å². The molecule has 0 unspecified atom stereocenters. The van der Waals surface area contributed by atoms with Crippen LogP contribution in [0, 0.1) is 13.8 Å². The van der Waals surface area contributed by atoms with Gasteiger partial charge in [0, 0.05) is 22.2 Å². The molecule has 1 aromatic heterocycles. The van der Waals surface area contributed by atoms with Gasteiger partial charge in [-0.05, 0) is 44.0 Å². The Morgan fingerprint density at radius 2 is 1.85 bits per heavy atom. The summed E-state index contributed by atoms with van der Waals surface area (Å²) < 4.78 is 1.74. The molecule has 0 spiro atoms. The van der Waals surface area contributed by atoms with Gasteiger partial charge in [0.15, 0.2) is 0 Å². The third kappa shape index (κ3) is 3.14. The highest BCUT2D eigenvalue weighted by molar-refractivity contribution is 6.34. The summed E-state index contributed by atoms with van der Waals surface area (Å²) in [7, 11) is 0. The monoisotopic (exact) mass is 312 g/mol. The molecule has 0 aliphatic carbocycles. The molecule has 0 amide bonds. The minimum Gasteiger partial charge on any atom is -0.481 e. The van der Waals surface area contributed by atoms with Gasteiger partial charge in [-0.2, -0.15) is 5.10 Å². The number of carboxylic acid groups (broad SMARTS) is 1. The lowest BCUT2D eigenvalue weighted by atomic mass is 10.1. The first-order valence-corrected chi connectivity index (χ1v) is 6.87. The molecule has 0 radical (unpaired) electrons. The van der Waals surface area contributed by atoms with Gasteiger partial charge in [-0.15, -0.1) is 0 Å². The number of aromatic nitrogens is 2. The van der Waals surface area contributed by atoms with Gasteiger partial charge in [0.1, 0.15) is 0 Å². The molecule has 6 heteroatoms. The summed E-state index contributed by atoms with van der Waals surface area (Å²) in [6, 6.07) is 5.20. The summed E-state index contributed by atoms with van der Waals surface area (Å²) in [6.45, 7) is 3.78. The first-order chi connectivity index (χ1) is 9.38. The minimum atomic E-state index is -0.817. The average molecular weight is 313 g/mol. The van der Waals surface area contributed by atoms with Crippen LogP contribution in [0.25, 0.3) is 5.69 Å². The number of rotatable bonds is 4. The van der Waals surface area contributed by atoms with Crippen molar-refractivity contribution in [3.63, 3.8) is 0 Å². The van der Waals surface area contributed by atoms with E-state index in [1.807, 2.05) is 13.8 Å². The van der Waals surface area contributed by atoms with E-state index in [0.717, 1.165) is 22.6 Å². The third-order valence-electron chi connectivity index (χ3n) is 3.12. The van der Waals surface area contributed by atoms with Gasteiger partial charge < -0.3 is 5.11 Å². The number of hydrogen-bond acceptors (Lipinski definition) is 2.